The Hall–Kier alpha value is -2.10. The van der Waals surface area contributed by atoms with Crippen molar-refractivity contribution in [2.75, 3.05) is 20.3 Å². The van der Waals surface area contributed by atoms with Gasteiger partial charge in [-0.25, -0.2) is 0 Å². The number of ketones is 1. The highest BCUT2D eigenvalue weighted by molar-refractivity contribution is 9.10. The molecule has 0 saturated heterocycles. The highest BCUT2D eigenvalue weighted by Crippen LogP contribution is 2.49. The molecular formula is C21H24BrN3O2. The number of nitrogens with zero attached hydrogens (tertiary/aromatic N) is 2. The molecular weight excluding hydrogens is 406 g/mol. The van der Waals surface area contributed by atoms with Gasteiger partial charge in [0, 0.05) is 35.8 Å². The topological polar surface area (TPSA) is 79.3 Å². The fourth-order valence-electron chi connectivity index (χ4n) is 4.03. The number of hydrogen-bond donors (Lipinski definition) is 1. The first-order valence-corrected chi connectivity index (χ1v) is 9.76. The number of nitrogens with two attached hydrogens (primary N) is 1. The molecule has 5 nitrogen and oxygen atoms in total. The number of ether oxygens (including phenoxy) is 1. The van der Waals surface area contributed by atoms with E-state index >= 15 is 0 Å². The maximum Gasteiger partial charge on any atom is 0.162 e. The molecule has 0 saturated carbocycles. The number of methoxy groups -OCH3 is 1. The van der Waals surface area contributed by atoms with E-state index in [0.29, 0.717) is 36.5 Å². The van der Waals surface area contributed by atoms with Crippen LogP contribution in [0.15, 0.2) is 51.4 Å². The summed E-state index contributed by atoms with van der Waals surface area (Å²) in [5.41, 5.74) is 9.26. The molecule has 0 radical (unpaired) electrons. The van der Waals surface area contributed by atoms with Gasteiger partial charge in [0.25, 0.3) is 0 Å². The predicted octanol–water partition coefficient (Wildman–Crippen LogP) is 3.83. The molecule has 1 aliphatic carbocycles. The molecule has 3 rings (SSSR count). The van der Waals surface area contributed by atoms with Crippen molar-refractivity contribution < 1.29 is 9.53 Å². The average molecular weight is 430 g/mol. The molecule has 1 aromatic rings. The second kappa shape index (κ2) is 7.49. The fraction of sp³-hybridized carbons (Fsp3) is 0.429. The molecule has 1 aromatic carbocycles. The summed E-state index contributed by atoms with van der Waals surface area (Å²) < 4.78 is 6.14. The van der Waals surface area contributed by atoms with E-state index in [9.17, 15) is 10.1 Å². The number of nitriles is 1. The molecule has 0 bridgehead atoms. The molecule has 0 unspecified atom stereocenters. The lowest BCUT2D eigenvalue weighted by atomic mass is 9.68. The van der Waals surface area contributed by atoms with Gasteiger partial charge in [0.15, 0.2) is 5.78 Å². The van der Waals surface area contributed by atoms with Gasteiger partial charge in [0.2, 0.25) is 0 Å². The van der Waals surface area contributed by atoms with Crippen LogP contribution in [0.2, 0.25) is 0 Å². The third-order valence-corrected chi connectivity index (χ3v) is 5.68. The van der Waals surface area contributed by atoms with E-state index in [1.165, 1.54) is 0 Å². The smallest absolute Gasteiger partial charge is 0.162 e. The zero-order valence-corrected chi connectivity index (χ0v) is 17.5. The maximum atomic E-state index is 13.2. The quantitative estimate of drug-likeness (QED) is 0.786. The summed E-state index contributed by atoms with van der Waals surface area (Å²) in [4.78, 5) is 15.1. The van der Waals surface area contributed by atoms with Crippen molar-refractivity contribution in [2.24, 2.45) is 11.1 Å². The van der Waals surface area contributed by atoms with Crippen molar-refractivity contribution in [2.45, 2.75) is 32.6 Å². The van der Waals surface area contributed by atoms with E-state index in [-0.39, 0.29) is 11.2 Å². The predicted molar refractivity (Wildman–Crippen MR) is 107 cm³/mol. The average Bonchev–Trinajstić information content (AvgIpc) is 2.59. The SMILES string of the molecule is COCCN1C(N)=C(C#N)[C@@H](c2cccc(Br)c2)C2=C1CC(C)(C)CC2=O. The van der Waals surface area contributed by atoms with Gasteiger partial charge < -0.3 is 15.4 Å². The Morgan fingerprint density at radius 1 is 1.41 bits per heavy atom. The number of allylic oxidation sites excluding steroid dienone is 3. The Labute approximate surface area is 168 Å². The Balaban J connectivity index is 2.22. The zero-order chi connectivity index (χ0) is 19.8. The molecule has 1 atom stereocenters. The van der Waals surface area contributed by atoms with Crippen LogP contribution >= 0.6 is 15.9 Å². The Bertz CT molecular complexity index is 880. The highest BCUT2D eigenvalue weighted by Gasteiger charge is 2.44. The van der Waals surface area contributed by atoms with Gasteiger partial charge in [0.1, 0.15) is 5.82 Å². The number of carbonyl (C=O) groups is 1. The minimum absolute atomic E-state index is 0.0916. The minimum atomic E-state index is -0.426. The summed E-state index contributed by atoms with van der Waals surface area (Å²) in [6, 6.07) is 10.0. The van der Waals surface area contributed by atoms with Crippen LogP contribution in [0.3, 0.4) is 0 Å². The third-order valence-electron chi connectivity index (χ3n) is 5.19. The summed E-state index contributed by atoms with van der Waals surface area (Å²) in [6.45, 7) is 5.17. The summed E-state index contributed by atoms with van der Waals surface area (Å²) in [7, 11) is 1.63. The molecule has 0 aromatic heterocycles. The molecule has 0 spiro atoms. The van der Waals surface area contributed by atoms with Crippen molar-refractivity contribution in [1.82, 2.24) is 4.90 Å². The number of benzene rings is 1. The van der Waals surface area contributed by atoms with Crippen molar-refractivity contribution in [3.8, 4) is 6.07 Å². The van der Waals surface area contributed by atoms with Crippen molar-refractivity contribution in [1.29, 1.82) is 5.26 Å². The lowest BCUT2D eigenvalue weighted by molar-refractivity contribution is -0.118. The van der Waals surface area contributed by atoms with Gasteiger partial charge >= 0.3 is 0 Å². The second-order valence-electron chi connectivity index (χ2n) is 7.84. The largest absolute Gasteiger partial charge is 0.384 e. The first-order valence-electron chi connectivity index (χ1n) is 8.97. The Kier molecular flexibility index (Phi) is 5.45. The van der Waals surface area contributed by atoms with Gasteiger partial charge in [-0.1, -0.05) is 41.9 Å². The summed E-state index contributed by atoms with van der Waals surface area (Å²) in [6.07, 6.45) is 1.20. The van der Waals surface area contributed by atoms with E-state index in [2.05, 4.69) is 35.8 Å². The lowest BCUT2D eigenvalue weighted by Crippen LogP contribution is -2.43. The molecule has 27 heavy (non-hydrogen) atoms. The van der Waals surface area contributed by atoms with E-state index in [4.69, 9.17) is 10.5 Å². The minimum Gasteiger partial charge on any atom is -0.384 e. The fourth-order valence-corrected chi connectivity index (χ4v) is 4.45. The first-order chi connectivity index (χ1) is 12.8. The van der Waals surface area contributed by atoms with E-state index in [1.807, 2.05) is 29.2 Å². The van der Waals surface area contributed by atoms with Crippen LogP contribution in [0.5, 0.6) is 0 Å². The number of carbonyl (C=O) groups excluding carboxylic acids is 1. The van der Waals surface area contributed by atoms with Gasteiger partial charge in [-0.2, -0.15) is 5.26 Å². The van der Waals surface area contributed by atoms with Crippen LogP contribution in [-0.2, 0) is 9.53 Å². The molecule has 0 fully saturated rings. The van der Waals surface area contributed by atoms with Gasteiger partial charge in [-0.05, 0) is 29.5 Å². The maximum absolute atomic E-state index is 13.2. The van der Waals surface area contributed by atoms with Crippen LogP contribution in [0.4, 0.5) is 0 Å². The van der Waals surface area contributed by atoms with Crippen molar-refractivity contribution in [3.05, 3.63) is 57.0 Å². The molecule has 142 valence electrons. The van der Waals surface area contributed by atoms with E-state index < -0.39 is 5.92 Å². The van der Waals surface area contributed by atoms with Crippen LogP contribution in [0.1, 0.15) is 38.2 Å². The summed E-state index contributed by atoms with van der Waals surface area (Å²) in [5.74, 6) is 0.0857. The monoisotopic (exact) mass is 429 g/mol. The van der Waals surface area contributed by atoms with Crippen LogP contribution < -0.4 is 5.73 Å². The van der Waals surface area contributed by atoms with Crippen molar-refractivity contribution >= 4 is 21.7 Å². The molecule has 2 N–H and O–H groups in total. The second-order valence-corrected chi connectivity index (χ2v) is 8.76. The molecule has 0 amide bonds. The van der Waals surface area contributed by atoms with Gasteiger partial charge in [0.05, 0.1) is 24.2 Å². The number of rotatable bonds is 4. The van der Waals surface area contributed by atoms with Crippen LogP contribution in [-0.4, -0.2) is 30.9 Å². The van der Waals surface area contributed by atoms with E-state index in [1.54, 1.807) is 7.11 Å². The highest BCUT2D eigenvalue weighted by atomic mass is 79.9. The normalized spacial score (nSPS) is 22.0. The number of Topliss-reactive ketones (excluding diaryl/α,β-unsaturated/α-hetero) is 1. The Morgan fingerprint density at radius 2 is 2.15 bits per heavy atom. The zero-order valence-electron chi connectivity index (χ0n) is 15.9. The number of hydrogen-bond acceptors (Lipinski definition) is 5. The van der Waals surface area contributed by atoms with Crippen molar-refractivity contribution in [3.63, 3.8) is 0 Å². The lowest BCUT2D eigenvalue weighted by Gasteiger charge is -2.43. The summed E-state index contributed by atoms with van der Waals surface area (Å²) >= 11 is 3.49. The van der Waals surface area contributed by atoms with E-state index in [0.717, 1.165) is 22.2 Å². The molecule has 1 aliphatic heterocycles. The molecule has 1 heterocycles. The third kappa shape index (κ3) is 3.67. The van der Waals surface area contributed by atoms with Crippen LogP contribution in [0, 0.1) is 16.7 Å². The van der Waals surface area contributed by atoms with Crippen LogP contribution in [0.25, 0.3) is 0 Å². The first kappa shape index (κ1) is 19.7. The van der Waals surface area contributed by atoms with Gasteiger partial charge in [-0.15, -0.1) is 0 Å². The number of halogens is 1. The Morgan fingerprint density at radius 3 is 2.78 bits per heavy atom. The summed E-state index contributed by atoms with van der Waals surface area (Å²) in [5, 5.41) is 9.89. The standard InChI is InChI=1S/C21H24BrN3O2/c1-21(2)10-16-19(17(26)11-21)18(13-5-4-6-14(22)9-13)15(12-23)20(24)25(16)7-8-27-3/h4-6,9,18H,7-8,10-11,24H2,1-3H3/t18-/m1/s1. The molecule has 6 heteroatoms. The molecule has 2 aliphatic rings. The van der Waals surface area contributed by atoms with Gasteiger partial charge in [-0.3, -0.25) is 4.79 Å².